The van der Waals surface area contributed by atoms with Gasteiger partial charge < -0.3 is 31.2 Å². The molecule has 9 nitrogen and oxygen atoms in total. The highest BCUT2D eigenvalue weighted by atomic mass is 16.5. The Morgan fingerprint density at radius 2 is 1.20 bits per heavy atom. The van der Waals surface area contributed by atoms with Gasteiger partial charge in [0.05, 0.1) is 24.2 Å². The summed E-state index contributed by atoms with van der Waals surface area (Å²) in [6.45, 7) is 14.5. The van der Waals surface area contributed by atoms with E-state index in [0.717, 1.165) is 68.2 Å². The lowest BCUT2D eigenvalue weighted by Crippen LogP contribution is -2.38. The molecule has 50 heavy (non-hydrogen) atoms. The Labute approximate surface area is 297 Å². The molecular formula is C41H53N7O2. The van der Waals surface area contributed by atoms with E-state index in [9.17, 15) is 0 Å². The first-order chi connectivity index (χ1) is 24.4. The number of nitrogens with one attached hydrogen (secondary N) is 3. The van der Waals surface area contributed by atoms with Gasteiger partial charge in [0.1, 0.15) is 28.8 Å². The lowest BCUT2D eigenvalue weighted by atomic mass is 10.0. The number of rotatable bonds is 10. The quantitative estimate of drug-likeness (QED) is 0.111. The lowest BCUT2D eigenvalue weighted by molar-refractivity contribution is 0.210. The Balaban J connectivity index is 0.000000202. The highest BCUT2D eigenvalue weighted by molar-refractivity contribution is 5.84. The van der Waals surface area contributed by atoms with Gasteiger partial charge in [0.25, 0.3) is 0 Å². The molecule has 0 bridgehead atoms. The van der Waals surface area contributed by atoms with Crippen molar-refractivity contribution in [1.29, 1.82) is 0 Å². The standard InChI is InChI=1S/C26H34N4O2.C15H19N3/c1-4-31-23-15-19(16-24(26(23)27)32-5-2)17-30-12-10-20(11-13-30)28-25-14-18(3)21-8-6-7-9-22(21)29-25;1-11-10-15(17-12-6-8-16-9-7-12)18-14-5-3-2-4-13(11)14/h6-9,14-16,20H,4-5,10-13,17,27H2,1-3H3,(H,28,29);2-5,10,12,16H,6-9H2,1H3,(H,17,18). The SMILES string of the molecule is CCOc1cc(CN2CCC(Nc3cc(C)c4ccccc4n3)CC2)cc(OCC)c1N.Cc1cc(NC2CCNCC2)nc2ccccc12. The van der Waals surface area contributed by atoms with Crippen LogP contribution in [0.1, 0.15) is 56.2 Å². The van der Waals surface area contributed by atoms with Crippen molar-refractivity contribution in [3.63, 3.8) is 0 Å². The van der Waals surface area contributed by atoms with Crippen LogP contribution in [0.4, 0.5) is 17.3 Å². The van der Waals surface area contributed by atoms with Gasteiger partial charge in [-0.1, -0.05) is 36.4 Å². The van der Waals surface area contributed by atoms with Crippen LogP contribution in [0.2, 0.25) is 0 Å². The van der Waals surface area contributed by atoms with E-state index in [0.29, 0.717) is 42.5 Å². The molecule has 2 aliphatic heterocycles. The van der Waals surface area contributed by atoms with E-state index >= 15 is 0 Å². The van der Waals surface area contributed by atoms with E-state index < -0.39 is 0 Å². The van der Waals surface area contributed by atoms with Crippen molar-refractivity contribution >= 4 is 39.1 Å². The third-order valence-electron chi connectivity index (χ3n) is 9.65. The number of piperidine rings is 2. The number of ether oxygens (including phenoxy) is 2. The minimum atomic E-state index is 0.434. The van der Waals surface area contributed by atoms with Crippen LogP contribution in [0, 0.1) is 13.8 Å². The number of nitrogen functional groups attached to an aromatic ring is 1. The van der Waals surface area contributed by atoms with Crippen molar-refractivity contribution in [2.75, 3.05) is 55.8 Å². The van der Waals surface area contributed by atoms with Crippen LogP contribution in [0.5, 0.6) is 11.5 Å². The van der Waals surface area contributed by atoms with Gasteiger partial charge in [0, 0.05) is 42.5 Å². The molecule has 0 amide bonds. The fourth-order valence-electron chi connectivity index (χ4n) is 7.02. The van der Waals surface area contributed by atoms with Crippen molar-refractivity contribution in [3.8, 4) is 11.5 Å². The number of fused-ring (bicyclic) bond motifs is 2. The number of aryl methyl sites for hydroxylation is 2. The molecule has 2 aromatic heterocycles. The zero-order chi connectivity index (χ0) is 34.9. The number of para-hydroxylation sites is 2. The van der Waals surface area contributed by atoms with E-state index in [1.54, 1.807) is 0 Å². The topological polar surface area (TPSA) is 110 Å². The van der Waals surface area contributed by atoms with Gasteiger partial charge in [0.15, 0.2) is 0 Å². The first-order valence-electron chi connectivity index (χ1n) is 18.3. The number of likely N-dealkylation sites (tertiary alicyclic amines) is 1. The van der Waals surface area contributed by atoms with Gasteiger partial charge in [-0.25, -0.2) is 9.97 Å². The van der Waals surface area contributed by atoms with E-state index in [1.165, 1.54) is 40.3 Å². The molecule has 4 heterocycles. The first-order valence-corrected chi connectivity index (χ1v) is 18.3. The summed E-state index contributed by atoms with van der Waals surface area (Å²) in [7, 11) is 0. The molecule has 264 valence electrons. The lowest BCUT2D eigenvalue weighted by Gasteiger charge is -2.33. The monoisotopic (exact) mass is 675 g/mol. The molecule has 2 fully saturated rings. The number of nitrogens with zero attached hydrogens (tertiary/aromatic N) is 3. The largest absolute Gasteiger partial charge is 0.492 e. The Kier molecular flexibility index (Phi) is 11.9. The molecule has 0 atom stereocenters. The fourth-order valence-corrected chi connectivity index (χ4v) is 7.02. The molecule has 0 spiro atoms. The van der Waals surface area contributed by atoms with Gasteiger partial charge in [-0.15, -0.1) is 0 Å². The van der Waals surface area contributed by atoms with E-state index in [4.69, 9.17) is 25.2 Å². The highest BCUT2D eigenvalue weighted by Crippen LogP contribution is 2.34. The summed E-state index contributed by atoms with van der Waals surface area (Å²) in [5.74, 6) is 3.41. The van der Waals surface area contributed by atoms with Gasteiger partial charge in [-0.3, -0.25) is 4.90 Å². The van der Waals surface area contributed by atoms with Crippen LogP contribution in [-0.4, -0.2) is 66.3 Å². The molecule has 0 unspecified atom stereocenters. The molecule has 2 aliphatic rings. The summed E-state index contributed by atoms with van der Waals surface area (Å²) >= 11 is 0. The van der Waals surface area contributed by atoms with Gasteiger partial charge >= 0.3 is 0 Å². The average Bonchev–Trinajstić information content (AvgIpc) is 3.12. The van der Waals surface area contributed by atoms with Gasteiger partial charge in [0.2, 0.25) is 0 Å². The third-order valence-corrected chi connectivity index (χ3v) is 9.65. The Morgan fingerprint density at radius 3 is 1.70 bits per heavy atom. The summed E-state index contributed by atoms with van der Waals surface area (Å²) in [6, 6.07) is 26.0. The molecular weight excluding hydrogens is 622 g/mol. The fraction of sp³-hybridized carbons (Fsp3) is 0.415. The predicted molar refractivity (Wildman–Crippen MR) is 208 cm³/mol. The molecule has 0 radical (unpaired) electrons. The van der Waals surface area contributed by atoms with Crippen molar-refractivity contribution in [3.05, 3.63) is 89.5 Å². The molecule has 0 saturated carbocycles. The van der Waals surface area contributed by atoms with E-state index in [2.05, 4.69) is 83.2 Å². The van der Waals surface area contributed by atoms with Crippen molar-refractivity contribution in [1.82, 2.24) is 20.2 Å². The van der Waals surface area contributed by atoms with Gasteiger partial charge in [-0.2, -0.15) is 0 Å². The van der Waals surface area contributed by atoms with Crippen LogP contribution in [0.15, 0.2) is 72.8 Å². The van der Waals surface area contributed by atoms with E-state index in [1.807, 2.05) is 38.1 Å². The highest BCUT2D eigenvalue weighted by Gasteiger charge is 2.21. The van der Waals surface area contributed by atoms with E-state index in [-0.39, 0.29) is 0 Å². The number of hydrogen-bond acceptors (Lipinski definition) is 9. The smallest absolute Gasteiger partial charge is 0.146 e. The number of aromatic nitrogens is 2. The second kappa shape index (κ2) is 16.9. The van der Waals surface area contributed by atoms with Crippen LogP contribution in [0.3, 0.4) is 0 Å². The Hall–Kier alpha value is -4.60. The second-order valence-electron chi connectivity index (χ2n) is 13.4. The predicted octanol–water partition coefficient (Wildman–Crippen LogP) is 7.71. The summed E-state index contributed by atoms with van der Waals surface area (Å²) in [5.41, 5.74) is 12.6. The molecule has 5 N–H and O–H groups in total. The maximum absolute atomic E-state index is 6.22. The molecule has 5 aromatic rings. The summed E-state index contributed by atoms with van der Waals surface area (Å²) in [4.78, 5) is 12.0. The number of nitrogens with two attached hydrogens (primary N) is 1. The minimum Gasteiger partial charge on any atom is -0.492 e. The molecule has 7 rings (SSSR count). The number of hydrogen-bond donors (Lipinski definition) is 4. The second-order valence-corrected chi connectivity index (χ2v) is 13.4. The summed E-state index contributed by atoms with van der Waals surface area (Å²) in [5, 5.41) is 13.1. The molecule has 0 aliphatic carbocycles. The maximum atomic E-state index is 6.22. The zero-order valence-electron chi connectivity index (χ0n) is 30.1. The zero-order valence-corrected chi connectivity index (χ0v) is 30.1. The number of anilines is 3. The Bertz CT molecular complexity index is 1840. The first kappa shape index (κ1) is 35.2. The Morgan fingerprint density at radius 1 is 0.720 bits per heavy atom. The van der Waals surface area contributed by atoms with Crippen LogP contribution >= 0.6 is 0 Å². The normalized spacial score (nSPS) is 15.8. The minimum absolute atomic E-state index is 0.434. The van der Waals surface area contributed by atoms with Crippen molar-refractivity contribution in [2.24, 2.45) is 0 Å². The van der Waals surface area contributed by atoms with Crippen LogP contribution in [-0.2, 0) is 6.54 Å². The van der Waals surface area contributed by atoms with Crippen LogP contribution < -0.4 is 31.2 Å². The molecule has 9 heteroatoms. The third kappa shape index (κ3) is 8.94. The average molecular weight is 676 g/mol. The van der Waals surface area contributed by atoms with Gasteiger partial charge in [-0.05, 0) is 120 Å². The number of benzene rings is 3. The molecule has 3 aromatic carbocycles. The summed E-state index contributed by atoms with van der Waals surface area (Å²) < 4.78 is 11.5. The number of pyridine rings is 2. The van der Waals surface area contributed by atoms with Crippen molar-refractivity contribution in [2.45, 2.75) is 72.0 Å². The van der Waals surface area contributed by atoms with Crippen molar-refractivity contribution < 1.29 is 9.47 Å². The molecule has 2 saturated heterocycles. The van der Waals surface area contributed by atoms with Crippen LogP contribution in [0.25, 0.3) is 21.8 Å². The summed E-state index contributed by atoms with van der Waals surface area (Å²) in [6.07, 6.45) is 4.51. The maximum Gasteiger partial charge on any atom is 0.146 e.